The Morgan fingerprint density at radius 2 is 2.36 bits per heavy atom. The van der Waals surface area contributed by atoms with Gasteiger partial charge in [-0.15, -0.1) is 0 Å². The minimum atomic E-state index is 0.243. The molecule has 1 heterocycles. The number of nitrogen functional groups attached to an aromatic ring is 1. The van der Waals surface area contributed by atoms with Gasteiger partial charge in [-0.2, -0.15) is 4.98 Å². The third kappa shape index (κ3) is 1.20. The molecule has 0 saturated heterocycles. The quantitative estimate of drug-likeness (QED) is 0.692. The van der Waals surface area contributed by atoms with Crippen molar-refractivity contribution in [2.75, 3.05) is 5.73 Å². The van der Waals surface area contributed by atoms with Crippen LogP contribution in [0.3, 0.4) is 0 Å². The van der Waals surface area contributed by atoms with Crippen molar-refractivity contribution in [3.63, 3.8) is 0 Å². The largest absolute Gasteiger partial charge is 0.365 e. The van der Waals surface area contributed by atoms with Crippen LogP contribution in [0, 0.1) is 5.92 Å². The lowest BCUT2D eigenvalue weighted by Gasteiger charge is -2.00. The van der Waals surface area contributed by atoms with Gasteiger partial charge in [0.25, 0.3) is 5.95 Å². The maximum atomic E-state index is 5.32. The zero-order chi connectivity index (χ0) is 7.84. The predicted molar refractivity (Wildman–Crippen MR) is 39.8 cm³/mol. The van der Waals surface area contributed by atoms with E-state index in [0.29, 0.717) is 11.8 Å². The van der Waals surface area contributed by atoms with Crippen LogP contribution in [0.2, 0.25) is 0 Å². The maximum Gasteiger partial charge on any atom is 0.260 e. The summed E-state index contributed by atoms with van der Waals surface area (Å²) in [4.78, 5) is 3.97. The molecular weight excluding hydrogens is 142 g/mol. The van der Waals surface area contributed by atoms with Crippen molar-refractivity contribution in [1.82, 2.24) is 10.1 Å². The van der Waals surface area contributed by atoms with Gasteiger partial charge in [0.1, 0.15) is 0 Å². The van der Waals surface area contributed by atoms with E-state index >= 15 is 0 Å². The Bertz CT molecular complexity index is 254. The van der Waals surface area contributed by atoms with E-state index < -0.39 is 0 Å². The summed E-state index contributed by atoms with van der Waals surface area (Å²) in [6.07, 6.45) is 2.56. The van der Waals surface area contributed by atoms with Gasteiger partial charge in [-0.3, -0.25) is 0 Å². The third-order valence-electron chi connectivity index (χ3n) is 2.18. The fourth-order valence-corrected chi connectivity index (χ4v) is 1.23. The number of hydrogen-bond donors (Lipinski definition) is 1. The summed E-state index contributed by atoms with van der Waals surface area (Å²) in [5.74, 6) is 2.06. The average Bonchev–Trinajstić information content (AvgIpc) is 2.74. The zero-order valence-corrected chi connectivity index (χ0v) is 6.45. The van der Waals surface area contributed by atoms with E-state index in [1.807, 2.05) is 0 Å². The van der Waals surface area contributed by atoms with Crippen molar-refractivity contribution in [3.8, 4) is 0 Å². The Morgan fingerprint density at radius 3 is 2.82 bits per heavy atom. The van der Waals surface area contributed by atoms with Gasteiger partial charge in [0, 0.05) is 5.92 Å². The minimum absolute atomic E-state index is 0.243. The normalized spacial score (nSPS) is 20.1. The Morgan fingerprint density at radius 1 is 1.64 bits per heavy atom. The second-order valence-electron chi connectivity index (χ2n) is 3.12. The number of anilines is 1. The van der Waals surface area contributed by atoms with Crippen LogP contribution in [0.1, 0.15) is 31.6 Å². The molecule has 4 heteroatoms. The van der Waals surface area contributed by atoms with Gasteiger partial charge in [-0.05, 0) is 23.9 Å². The van der Waals surface area contributed by atoms with E-state index in [0.717, 1.165) is 5.92 Å². The van der Waals surface area contributed by atoms with Crippen LogP contribution in [0.5, 0.6) is 0 Å². The highest BCUT2D eigenvalue weighted by Crippen LogP contribution is 2.41. The standard InChI is InChI=1S/C7H11N3O/c1-4(5-2-3-5)6-9-7(8)10-11-6/h4-5H,2-3H2,1H3,(H2,8,10). The Kier molecular flexibility index (Phi) is 1.34. The topological polar surface area (TPSA) is 64.9 Å². The molecule has 1 saturated carbocycles. The second-order valence-corrected chi connectivity index (χ2v) is 3.12. The molecule has 0 aliphatic heterocycles. The van der Waals surface area contributed by atoms with E-state index in [1.165, 1.54) is 12.8 Å². The number of aromatic nitrogens is 2. The molecule has 0 radical (unpaired) electrons. The SMILES string of the molecule is CC(c1nc(N)no1)C1CC1. The van der Waals surface area contributed by atoms with E-state index in [9.17, 15) is 0 Å². The van der Waals surface area contributed by atoms with Crippen LogP contribution in [-0.2, 0) is 0 Å². The number of rotatable bonds is 2. The molecule has 1 aromatic heterocycles. The van der Waals surface area contributed by atoms with E-state index in [1.54, 1.807) is 0 Å². The first kappa shape index (κ1) is 6.64. The van der Waals surface area contributed by atoms with E-state index in [-0.39, 0.29) is 5.95 Å². The van der Waals surface area contributed by atoms with Crippen molar-refractivity contribution >= 4 is 5.95 Å². The Balaban J connectivity index is 2.14. The average molecular weight is 153 g/mol. The van der Waals surface area contributed by atoms with Gasteiger partial charge in [0.2, 0.25) is 5.89 Å². The van der Waals surface area contributed by atoms with Crippen molar-refractivity contribution in [2.45, 2.75) is 25.7 Å². The number of nitrogens with two attached hydrogens (primary N) is 1. The first-order chi connectivity index (χ1) is 5.27. The first-order valence-corrected chi connectivity index (χ1v) is 3.86. The molecule has 1 aliphatic rings. The lowest BCUT2D eigenvalue weighted by molar-refractivity contribution is 0.349. The Labute approximate surface area is 64.8 Å². The van der Waals surface area contributed by atoms with Crippen molar-refractivity contribution in [2.24, 2.45) is 5.92 Å². The van der Waals surface area contributed by atoms with Gasteiger partial charge in [-0.25, -0.2) is 0 Å². The van der Waals surface area contributed by atoms with Gasteiger partial charge < -0.3 is 10.3 Å². The molecule has 4 nitrogen and oxygen atoms in total. The highest BCUT2D eigenvalue weighted by molar-refractivity contribution is 5.12. The van der Waals surface area contributed by atoms with Crippen LogP contribution < -0.4 is 5.73 Å². The molecule has 60 valence electrons. The molecule has 2 N–H and O–H groups in total. The Hall–Kier alpha value is -1.06. The highest BCUT2D eigenvalue weighted by Gasteiger charge is 2.32. The van der Waals surface area contributed by atoms with Crippen LogP contribution in [-0.4, -0.2) is 10.1 Å². The van der Waals surface area contributed by atoms with Gasteiger partial charge in [-0.1, -0.05) is 6.92 Å². The van der Waals surface area contributed by atoms with Gasteiger partial charge in [0.15, 0.2) is 0 Å². The van der Waals surface area contributed by atoms with Crippen LogP contribution in [0.4, 0.5) is 5.95 Å². The summed E-state index contributed by atoms with van der Waals surface area (Å²) in [7, 11) is 0. The molecule has 2 rings (SSSR count). The fourth-order valence-electron chi connectivity index (χ4n) is 1.23. The minimum Gasteiger partial charge on any atom is -0.365 e. The fraction of sp³-hybridized carbons (Fsp3) is 0.714. The summed E-state index contributed by atoms with van der Waals surface area (Å²) in [6, 6.07) is 0. The molecule has 0 amide bonds. The van der Waals surface area contributed by atoms with Crippen molar-refractivity contribution in [1.29, 1.82) is 0 Å². The third-order valence-corrected chi connectivity index (χ3v) is 2.18. The van der Waals surface area contributed by atoms with E-state index in [2.05, 4.69) is 17.1 Å². The monoisotopic (exact) mass is 153 g/mol. The summed E-state index contributed by atoms with van der Waals surface area (Å²) in [5, 5.41) is 3.54. The first-order valence-electron chi connectivity index (χ1n) is 3.86. The molecule has 1 aliphatic carbocycles. The smallest absolute Gasteiger partial charge is 0.260 e. The van der Waals surface area contributed by atoms with E-state index in [4.69, 9.17) is 10.3 Å². The summed E-state index contributed by atoms with van der Waals surface area (Å²) in [5.41, 5.74) is 5.32. The predicted octanol–water partition coefficient (Wildman–Crippen LogP) is 1.17. The summed E-state index contributed by atoms with van der Waals surface area (Å²) in [6.45, 7) is 2.10. The summed E-state index contributed by atoms with van der Waals surface area (Å²) >= 11 is 0. The molecule has 1 aromatic rings. The van der Waals surface area contributed by atoms with Crippen LogP contribution >= 0.6 is 0 Å². The molecule has 11 heavy (non-hydrogen) atoms. The molecule has 0 bridgehead atoms. The van der Waals surface area contributed by atoms with Gasteiger partial charge >= 0.3 is 0 Å². The highest BCUT2D eigenvalue weighted by atomic mass is 16.5. The molecule has 0 aromatic carbocycles. The zero-order valence-electron chi connectivity index (χ0n) is 6.45. The van der Waals surface area contributed by atoms with Crippen molar-refractivity contribution < 1.29 is 4.52 Å². The molecule has 1 atom stereocenters. The van der Waals surface area contributed by atoms with Crippen molar-refractivity contribution in [3.05, 3.63) is 5.89 Å². The molecule has 1 fully saturated rings. The maximum absolute atomic E-state index is 5.32. The van der Waals surface area contributed by atoms with Crippen LogP contribution in [0.15, 0.2) is 4.52 Å². The number of hydrogen-bond acceptors (Lipinski definition) is 4. The second kappa shape index (κ2) is 2.22. The van der Waals surface area contributed by atoms with Crippen LogP contribution in [0.25, 0.3) is 0 Å². The molecular formula is C7H11N3O. The lowest BCUT2D eigenvalue weighted by Crippen LogP contribution is -1.96. The number of nitrogens with zero attached hydrogens (tertiary/aromatic N) is 2. The lowest BCUT2D eigenvalue weighted by atomic mass is 10.1. The van der Waals surface area contributed by atoms with Gasteiger partial charge in [0.05, 0.1) is 0 Å². The summed E-state index contributed by atoms with van der Waals surface area (Å²) < 4.78 is 4.94. The molecule has 0 spiro atoms. The molecule has 1 unspecified atom stereocenters.